The molecule has 0 aliphatic carbocycles. The largest absolute Gasteiger partial charge is 0.497 e. The normalized spacial score (nSPS) is 21.2. The molecule has 1 heterocycles. The van der Waals surface area contributed by atoms with E-state index in [0.717, 1.165) is 11.3 Å². The fourth-order valence-electron chi connectivity index (χ4n) is 6.83. The van der Waals surface area contributed by atoms with Crippen molar-refractivity contribution >= 4 is 39.2 Å². The molecule has 374 valence electrons. The lowest BCUT2D eigenvalue weighted by atomic mass is 9.78. The predicted molar refractivity (Wildman–Crippen MR) is 273 cm³/mol. The molecule has 0 bridgehead atoms. The first-order valence-corrected chi connectivity index (χ1v) is 35.3. The third kappa shape index (κ3) is 15.3. The second-order valence-electron chi connectivity index (χ2n) is 25.0. The molecular weight excluding hydrogens is 875 g/mol. The second kappa shape index (κ2) is 21.8. The quantitative estimate of drug-likeness (QED) is 0.0609. The lowest BCUT2D eigenvalue weighted by Gasteiger charge is -2.48. The Morgan fingerprint density at radius 3 is 1.58 bits per heavy atom. The molecule has 1 aromatic carbocycles. The average Bonchev–Trinajstić information content (AvgIpc) is 3.84. The summed E-state index contributed by atoms with van der Waals surface area (Å²) in [7, 11) is -5.09. The fraction of sp³-hybridized carbons (Fsp3) is 0.857. The van der Waals surface area contributed by atoms with Crippen molar-refractivity contribution in [2.24, 2.45) is 17.8 Å². The molecule has 1 amide bonds. The van der Waals surface area contributed by atoms with Gasteiger partial charge in [0, 0.05) is 38.0 Å². The lowest BCUT2D eigenvalue weighted by molar-refractivity contribution is -0.172. The smallest absolute Gasteiger partial charge is 0.248 e. The maximum absolute atomic E-state index is 14.0. The van der Waals surface area contributed by atoms with Crippen molar-refractivity contribution in [3.05, 3.63) is 29.8 Å². The van der Waals surface area contributed by atoms with E-state index in [4.69, 9.17) is 36.8 Å². The van der Waals surface area contributed by atoms with Gasteiger partial charge in [0.25, 0.3) is 0 Å². The summed E-state index contributed by atoms with van der Waals surface area (Å²) >= 11 is 0. The van der Waals surface area contributed by atoms with Gasteiger partial charge in [-0.05, 0) is 97.1 Å². The highest BCUT2D eigenvalue weighted by Gasteiger charge is 2.65. The molecule has 15 heteroatoms. The van der Waals surface area contributed by atoms with Crippen LogP contribution in [0.3, 0.4) is 0 Å². The molecule has 0 spiro atoms. The van der Waals surface area contributed by atoms with Crippen molar-refractivity contribution in [3.8, 4) is 5.75 Å². The summed E-state index contributed by atoms with van der Waals surface area (Å²) in [5.41, 5.74) is 0.279. The average molecular weight is 973 g/mol. The Morgan fingerprint density at radius 2 is 1.16 bits per heavy atom. The van der Waals surface area contributed by atoms with Crippen molar-refractivity contribution in [2.75, 3.05) is 41.1 Å². The van der Waals surface area contributed by atoms with Gasteiger partial charge in [-0.3, -0.25) is 9.63 Å². The van der Waals surface area contributed by atoms with Gasteiger partial charge in [0.05, 0.1) is 58.3 Å². The highest BCUT2D eigenvalue weighted by Crippen LogP contribution is 2.52. The number of carbonyl (C=O) groups is 1. The molecule has 2 rings (SSSR count). The minimum absolute atomic E-state index is 0.00195. The highest BCUT2D eigenvalue weighted by atomic mass is 28.4. The summed E-state index contributed by atoms with van der Waals surface area (Å²) in [5, 5.41) is 14.4. The first-order chi connectivity index (χ1) is 28.7. The number of rotatable bonds is 24. The van der Waals surface area contributed by atoms with Crippen LogP contribution in [-0.2, 0) is 43.4 Å². The molecule has 1 fully saturated rings. The summed E-state index contributed by atoms with van der Waals surface area (Å²) in [4.78, 5) is 19.4. The van der Waals surface area contributed by atoms with Gasteiger partial charge in [-0.25, -0.2) is 5.06 Å². The first-order valence-electron chi connectivity index (χ1n) is 23.7. The number of aliphatic hydroxyl groups is 1. The van der Waals surface area contributed by atoms with Gasteiger partial charge in [-0.15, -0.1) is 0 Å². The van der Waals surface area contributed by atoms with Crippen LogP contribution >= 0.6 is 0 Å². The van der Waals surface area contributed by atoms with Gasteiger partial charge in [0.15, 0.2) is 33.3 Å². The van der Waals surface area contributed by atoms with Gasteiger partial charge in [0.1, 0.15) is 11.4 Å². The maximum atomic E-state index is 14.0. The number of nitrogens with zero attached hydrogens (tertiary/aromatic N) is 1. The Hall–Kier alpha value is -0.962. The molecule has 1 saturated heterocycles. The molecule has 11 nitrogen and oxygen atoms in total. The molecule has 2 unspecified atom stereocenters. The van der Waals surface area contributed by atoms with Gasteiger partial charge >= 0.3 is 0 Å². The Bertz CT molecular complexity index is 1610. The van der Waals surface area contributed by atoms with E-state index in [1.807, 2.05) is 24.3 Å². The molecule has 0 radical (unpaired) electrons. The number of methoxy groups -OCH3 is 1. The summed E-state index contributed by atoms with van der Waals surface area (Å²) in [6, 6.07) is 7.93. The zero-order valence-electron chi connectivity index (χ0n) is 45.5. The number of amides is 1. The number of epoxide rings is 1. The first kappa shape index (κ1) is 59.2. The van der Waals surface area contributed by atoms with Crippen molar-refractivity contribution in [1.82, 2.24) is 5.06 Å². The van der Waals surface area contributed by atoms with Crippen molar-refractivity contribution in [1.29, 1.82) is 0 Å². The molecule has 1 aliphatic heterocycles. The third-order valence-electron chi connectivity index (χ3n) is 15.9. The molecule has 1 aromatic rings. The predicted octanol–water partition coefficient (Wildman–Crippen LogP) is 11.8. The third-order valence-corrected chi connectivity index (χ3v) is 33.9. The summed E-state index contributed by atoms with van der Waals surface area (Å²) in [6.07, 6.45) is -2.57. The van der Waals surface area contributed by atoms with Gasteiger partial charge in [0.2, 0.25) is 5.91 Å². The second-order valence-corrected chi connectivity index (χ2v) is 44.1. The number of hydroxylamine groups is 2. The molecule has 1 N–H and O–H groups in total. The van der Waals surface area contributed by atoms with Crippen LogP contribution in [0.1, 0.15) is 109 Å². The number of carbonyl (C=O) groups excluding carboxylic acids is 1. The van der Waals surface area contributed by atoms with Crippen LogP contribution in [0.4, 0.5) is 0 Å². The number of benzene rings is 1. The Kier molecular flexibility index (Phi) is 20.1. The highest BCUT2D eigenvalue weighted by molar-refractivity contribution is 6.75. The van der Waals surface area contributed by atoms with Crippen LogP contribution in [0, 0.1) is 17.8 Å². The summed E-state index contributed by atoms with van der Waals surface area (Å²) in [6.45, 7) is 50.3. The number of ether oxygens (including phenoxy) is 3. The van der Waals surface area contributed by atoms with Crippen LogP contribution in [-0.4, -0.2) is 120 Å². The molecule has 8 atom stereocenters. The Labute approximate surface area is 396 Å². The van der Waals surface area contributed by atoms with Gasteiger partial charge in [-0.2, -0.15) is 0 Å². The zero-order valence-corrected chi connectivity index (χ0v) is 49.5. The molecular formula is C49H97NO10Si4. The van der Waals surface area contributed by atoms with Crippen LogP contribution in [0.2, 0.25) is 72.5 Å². The van der Waals surface area contributed by atoms with E-state index in [1.54, 1.807) is 14.2 Å². The number of hydrogen-bond donors (Lipinski definition) is 1. The summed E-state index contributed by atoms with van der Waals surface area (Å²) < 4.78 is 47.9. The number of aliphatic hydroxyl groups excluding tert-OH is 1. The SMILES string of the molecule is COc1ccc(COC[C@H](C)[C@H]2OC2(C)[C@@H](O[Si](C)(C)C(C)(C)C)[C@@H](CO[Si](C)(C)C(C)(C)C)[C@@H](O)[C@@H](CO[Si](C)(C)C(C)(C)C)C(CC(=O)N(C)OC)O[Si](C)(C)C(C)(C)C)cc1. The van der Waals surface area contributed by atoms with Crippen molar-refractivity contribution in [3.63, 3.8) is 0 Å². The number of hydrogen-bond acceptors (Lipinski definition) is 10. The molecule has 64 heavy (non-hydrogen) atoms. The van der Waals surface area contributed by atoms with Crippen molar-refractivity contribution in [2.45, 2.75) is 213 Å². The maximum Gasteiger partial charge on any atom is 0.248 e. The molecule has 0 saturated carbocycles. The van der Waals surface area contributed by atoms with E-state index in [2.05, 4.69) is 149 Å². The van der Waals surface area contributed by atoms with Gasteiger partial charge < -0.3 is 37.0 Å². The topological polar surface area (TPSA) is 118 Å². The van der Waals surface area contributed by atoms with E-state index >= 15 is 0 Å². The van der Waals surface area contributed by atoms with Crippen molar-refractivity contribution < 1.29 is 46.7 Å². The van der Waals surface area contributed by atoms with Crippen LogP contribution in [0.5, 0.6) is 5.75 Å². The van der Waals surface area contributed by atoms with Gasteiger partial charge in [-0.1, -0.05) is 102 Å². The summed E-state index contributed by atoms with van der Waals surface area (Å²) in [5.74, 6) is -0.634. The lowest BCUT2D eigenvalue weighted by Crippen LogP contribution is -2.59. The molecule has 1 aliphatic rings. The van der Waals surface area contributed by atoms with Crippen LogP contribution < -0.4 is 4.74 Å². The van der Waals surface area contributed by atoms with E-state index in [9.17, 15) is 9.90 Å². The Morgan fingerprint density at radius 1 is 0.719 bits per heavy atom. The fourth-order valence-corrected chi connectivity index (χ4v) is 11.7. The van der Waals surface area contributed by atoms with Crippen LogP contribution in [0.25, 0.3) is 0 Å². The zero-order chi connectivity index (χ0) is 49.9. The Balaban J connectivity index is 2.91. The monoisotopic (exact) mass is 972 g/mol. The van der Waals surface area contributed by atoms with E-state index in [0.29, 0.717) is 13.2 Å². The standard InChI is InChI=1S/C49H97NO10Si4/c1-35(31-55-32-36-26-28-37(53-16)29-27-36)43-49(14,58-43)44(60-64(24,25)48(11,12)13)39(34-57-62(20,21)46(5,6)7)42(52)38(33-56-61(18,19)45(2,3)4)40(30-41(51)50(15)54-17)59-63(22,23)47(8,9)10/h26-29,35,38-40,42-44,52H,30-34H2,1-25H3/t35-,38-,39-,40?,42-,43+,44-,49?/m0/s1. The van der Waals surface area contributed by atoms with E-state index in [-0.39, 0.29) is 57.7 Å². The van der Waals surface area contributed by atoms with Crippen LogP contribution in [0.15, 0.2) is 24.3 Å². The van der Waals surface area contributed by atoms with E-state index in [1.165, 1.54) is 12.2 Å². The minimum atomic E-state index is -2.55. The molecule has 0 aromatic heterocycles. The minimum Gasteiger partial charge on any atom is -0.497 e. The van der Waals surface area contributed by atoms with E-state index < -0.39 is 69.0 Å².